The van der Waals surface area contributed by atoms with E-state index in [0.717, 1.165) is 0 Å². The van der Waals surface area contributed by atoms with Crippen molar-refractivity contribution >= 4 is 24.4 Å². The summed E-state index contributed by atoms with van der Waals surface area (Å²) < 4.78 is 0. The SMILES string of the molecule is CC(N)C(=O)C(CS)C(N)C(=O)O. The fourth-order valence-electron chi connectivity index (χ4n) is 0.890. The van der Waals surface area contributed by atoms with Crippen LogP contribution in [-0.2, 0) is 9.59 Å². The van der Waals surface area contributed by atoms with E-state index >= 15 is 0 Å². The molecular formula is C7H14N2O3S. The number of carbonyl (C=O) groups excluding carboxylic acids is 1. The maximum absolute atomic E-state index is 11.3. The molecule has 0 aliphatic carbocycles. The maximum Gasteiger partial charge on any atom is 0.321 e. The van der Waals surface area contributed by atoms with Crippen molar-refractivity contribution in [3.63, 3.8) is 0 Å². The lowest BCUT2D eigenvalue weighted by atomic mass is 9.94. The Hall–Kier alpha value is -0.590. The topological polar surface area (TPSA) is 106 Å². The van der Waals surface area contributed by atoms with Crippen LogP contribution in [-0.4, -0.2) is 34.7 Å². The van der Waals surface area contributed by atoms with Gasteiger partial charge in [-0.15, -0.1) is 0 Å². The predicted octanol–water partition coefficient (Wildman–Crippen LogP) is -1.14. The van der Waals surface area contributed by atoms with Crippen LogP contribution in [0.2, 0.25) is 0 Å². The third-order valence-electron chi connectivity index (χ3n) is 1.73. The molecule has 0 amide bonds. The third-order valence-corrected chi connectivity index (χ3v) is 2.12. The van der Waals surface area contributed by atoms with E-state index in [1.54, 1.807) is 0 Å². The van der Waals surface area contributed by atoms with Gasteiger partial charge in [-0.3, -0.25) is 9.59 Å². The molecule has 0 aliphatic rings. The largest absolute Gasteiger partial charge is 0.480 e. The highest BCUT2D eigenvalue weighted by Crippen LogP contribution is 2.08. The molecule has 0 rings (SSSR count). The van der Waals surface area contributed by atoms with Crippen molar-refractivity contribution in [1.82, 2.24) is 0 Å². The molecule has 0 aromatic carbocycles. The van der Waals surface area contributed by atoms with Gasteiger partial charge in [-0.1, -0.05) is 0 Å². The normalized spacial score (nSPS) is 17.5. The minimum atomic E-state index is -1.23. The lowest BCUT2D eigenvalue weighted by Crippen LogP contribution is -2.47. The molecule has 0 spiro atoms. The van der Waals surface area contributed by atoms with Crippen LogP contribution in [0.15, 0.2) is 0 Å². The molecule has 5 nitrogen and oxygen atoms in total. The summed E-state index contributed by atoms with van der Waals surface area (Å²) in [7, 11) is 0. The van der Waals surface area contributed by atoms with Crippen LogP contribution in [0.1, 0.15) is 6.92 Å². The Kier molecular flexibility index (Phi) is 4.97. The molecule has 3 atom stereocenters. The number of hydrogen-bond acceptors (Lipinski definition) is 5. The minimum absolute atomic E-state index is 0.0911. The van der Waals surface area contributed by atoms with Crippen LogP contribution in [0.4, 0.5) is 0 Å². The van der Waals surface area contributed by atoms with Crippen LogP contribution in [0.5, 0.6) is 0 Å². The van der Waals surface area contributed by atoms with Crippen molar-refractivity contribution in [2.24, 2.45) is 17.4 Å². The van der Waals surface area contributed by atoms with Crippen molar-refractivity contribution in [2.45, 2.75) is 19.0 Å². The van der Waals surface area contributed by atoms with E-state index in [-0.39, 0.29) is 11.5 Å². The number of rotatable bonds is 5. The smallest absolute Gasteiger partial charge is 0.321 e. The number of hydrogen-bond donors (Lipinski definition) is 4. The standard InChI is InChI=1S/C7H14N2O3S/c1-3(8)6(10)4(2-13)5(9)7(11)12/h3-5,13H,2,8-9H2,1H3,(H,11,12). The monoisotopic (exact) mass is 206 g/mol. The van der Waals surface area contributed by atoms with E-state index in [9.17, 15) is 9.59 Å². The maximum atomic E-state index is 11.3. The number of nitrogens with two attached hydrogens (primary N) is 2. The Bertz CT molecular complexity index is 208. The first-order valence-corrected chi connectivity index (χ1v) is 4.43. The van der Waals surface area contributed by atoms with Crippen LogP contribution >= 0.6 is 12.6 Å². The van der Waals surface area contributed by atoms with Gasteiger partial charge in [0.15, 0.2) is 5.78 Å². The van der Waals surface area contributed by atoms with Gasteiger partial charge in [-0.2, -0.15) is 12.6 Å². The van der Waals surface area contributed by atoms with Gasteiger partial charge in [0.25, 0.3) is 0 Å². The highest BCUT2D eigenvalue weighted by molar-refractivity contribution is 7.80. The Morgan fingerprint density at radius 3 is 2.15 bits per heavy atom. The molecule has 0 saturated carbocycles. The third kappa shape index (κ3) is 3.33. The zero-order chi connectivity index (χ0) is 10.6. The van der Waals surface area contributed by atoms with Crippen molar-refractivity contribution in [3.05, 3.63) is 0 Å². The summed E-state index contributed by atoms with van der Waals surface area (Å²) in [4.78, 5) is 21.8. The molecule has 0 aromatic heterocycles. The first-order chi connectivity index (χ1) is 5.91. The summed E-state index contributed by atoms with van der Waals surface area (Å²) in [6.45, 7) is 1.49. The lowest BCUT2D eigenvalue weighted by molar-refractivity contribution is -0.142. The number of aliphatic carboxylic acids is 1. The zero-order valence-electron chi connectivity index (χ0n) is 7.30. The van der Waals surface area contributed by atoms with Crippen LogP contribution < -0.4 is 11.5 Å². The average molecular weight is 206 g/mol. The van der Waals surface area contributed by atoms with Crippen LogP contribution in [0.3, 0.4) is 0 Å². The Balaban J connectivity index is 4.50. The van der Waals surface area contributed by atoms with Crippen molar-refractivity contribution in [3.8, 4) is 0 Å². The van der Waals surface area contributed by atoms with Crippen molar-refractivity contribution < 1.29 is 14.7 Å². The number of carboxylic acid groups (broad SMARTS) is 1. The van der Waals surface area contributed by atoms with Gasteiger partial charge in [0.05, 0.1) is 12.0 Å². The summed E-state index contributed by atoms with van der Waals surface area (Å²) >= 11 is 3.86. The molecule has 76 valence electrons. The van der Waals surface area contributed by atoms with E-state index in [1.807, 2.05) is 0 Å². The fourth-order valence-corrected chi connectivity index (χ4v) is 1.30. The van der Waals surface area contributed by atoms with E-state index < -0.39 is 24.0 Å². The van der Waals surface area contributed by atoms with Gasteiger partial charge in [0.2, 0.25) is 0 Å². The van der Waals surface area contributed by atoms with Gasteiger partial charge in [0.1, 0.15) is 6.04 Å². The number of thiol groups is 1. The molecule has 0 aromatic rings. The Morgan fingerprint density at radius 1 is 1.46 bits per heavy atom. The molecule has 5 N–H and O–H groups in total. The second-order valence-corrected chi connectivity index (χ2v) is 3.21. The summed E-state index contributed by atoms with van der Waals surface area (Å²) in [5.74, 6) is -2.31. The second kappa shape index (κ2) is 5.21. The van der Waals surface area contributed by atoms with Gasteiger partial charge >= 0.3 is 5.97 Å². The summed E-state index contributed by atoms with van der Waals surface area (Å²) in [5.41, 5.74) is 10.6. The van der Waals surface area contributed by atoms with Crippen LogP contribution in [0.25, 0.3) is 0 Å². The minimum Gasteiger partial charge on any atom is -0.480 e. The molecular weight excluding hydrogens is 192 g/mol. The highest BCUT2D eigenvalue weighted by atomic mass is 32.1. The number of carbonyl (C=O) groups is 2. The molecule has 0 aliphatic heterocycles. The number of ketones is 1. The van der Waals surface area contributed by atoms with E-state index in [1.165, 1.54) is 6.92 Å². The van der Waals surface area contributed by atoms with Crippen LogP contribution in [0, 0.1) is 5.92 Å². The van der Waals surface area contributed by atoms with E-state index in [4.69, 9.17) is 16.6 Å². The molecule has 0 radical (unpaired) electrons. The van der Waals surface area contributed by atoms with Gasteiger partial charge in [-0.05, 0) is 6.92 Å². The highest BCUT2D eigenvalue weighted by Gasteiger charge is 2.30. The number of Topliss-reactive ketones (excluding diaryl/α,β-unsaturated/α-hetero) is 1. The summed E-state index contributed by atoms with van der Waals surface area (Å²) in [6.07, 6.45) is 0. The fraction of sp³-hybridized carbons (Fsp3) is 0.714. The van der Waals surface area contributed by atoms with Crippen molar-refractivity contribution in [2.75, 3.05) is 5.75 Å². The molecule has 0 bridgehead atoms. The van der Waals surface area contributed by atoms with Gasteiger partial charge < -0.3 is 16.6 Å². The first-order valence-electron chi connectivity index (χ1n) is 3.80. The number of carboxylic acids is 1. The van der Waals surface area contributed by atoms with Gasteiger partial charge in [0, 0.05) is 5.75 Å². The summed E-state index contributed by atoms with van der Waals surface area (Å²) in [5, 5.41) is 8.56. The van der Waals surface area contributed by atoms with Gasteiger partial charge in [-0.25, -0.2) is 0 Å². The summed E-state index contributed by atoms with van der Waals surface area (Å²) in [6, 6.07) is -1.93. The zero-order valence-corrected chi connectivity index (χ0v) is 8.20. The Morgan fingerprint density at radius 2 is 1.92 bits per heavy atom. The average Bonchev–Trinajstić information content (AvgIpc) is 2.04. The quantitative estimate of drug-likeness (QED) is 0.425. The first kappa shape index (κ1) is 12.4. The van der Waals surface area contributed by atoms with E-state index in [0.29, 0.717) is 0 Å². The molecule has 0 heterocycles. The molecule has 13 heavy (non-hydrogen) atoms. The van der Waals surface area contributed by atoms with Crippen molar-refractivity contribution in [1.29, 1.82) is 0 Å². The Labute approximate surface area is 81.9 Å². The second-order valence-electron chi connectivity index (χ2n) is 2.84. The predicted molar refractivity (Wildman–Crippen MR) is 51.6 cm³/mol. The molecule has 6 heteroatoms. The van der Waals surface area contributed by atoms with E-state index in [2.05, 4.69) is 12.6 Å². The molecule has 0 fully saturated rings. The molecule has 3 unspecified atom stereocenters. The molecule has 0 saturated heterocycles. The lowest BCUT2D eigenvalue weighted by Gasteiger charge is -2.18.